The molecule has 2 nitrogen and oxygen atoms in total. The molecule has 2 aromatic carbocycles. The Bertz CT molecular complexity index is 642. The van der Waals surface area contributed by atoms with Gasteiger partial charge in [-0.15, -0.1) is 0 Å². The van der Waals surface area contributed by atoms with E-state index in [0.717, 1.165) is 33.2 Å². The van der Waals surface area contributed by atoms with E-state index in [2.05, 4.69) is 55.4 Å². The molecule has 0 saturated heterocycles. The summed E-state index contributed by atoms with van der Waals surface area (Å²) >= 11 is 7.13. The van der Waals surface area contributed by atoms with E-state index in [-0.39, 0.29) is 0 Å². The van der Waals surface area contributed by atoms with Crippen molar-refractivity contribution < 1.29 is 4.74 Å². The highest BCUT2D eigenvalue weighted by atomic mass is 79.9. The molecular weight excluding hydrogens is 382 g/mol. The van der Waals surface area contributed by atoms with E-state index in [0.29, 0.717) is 6.04 Å². The number of benzene rings is 2. The average molecular weight is 397 g/mol. The average Bonchev–Trinajstić information content (AvgIpc) is 2.83. The lowest BCUT2D eigenvalue weighted by atomic mass is 10.1. The lowest BCUT2D eigenvalue weighted by molar-refractivity contribution is 0.415. The van der Waals surface area contributed by atoms with E-state index in [1.54, 1.807) is 7.11 Å². The van der Waals surface area contributed by atoms with Crippen LogP contribution in [0.3, 0.4) is 0 Å². The lowest BCUT2D eigenvalue weighted by Gasteiger charge is -2.17. The van der Waals surface area contributed by atoms with Crippen LogP contribution in [-0.4, -0.2) is 7.11 Å². The predicted molar refractivity (Wildman–Crippen MR) is 89.5 cm³/mol. The summed E-state index contributed by atoms with van der Waals surface area (Å²) in [7, 11) is 1.69. The number of methoxy groups -OCH3 is 1. The molecule has 0 heterocycles. The lowest BCUT2D eigenvalue weighted by Crippen LogP contribution is -2.07. The molecule has 0 saturated carbocycles. The van der Waals surface area contributed by atoms with E-state index in [9.17, 15) is 0 Å². The van der Waals surface area contributed by atoms with E-state index in [4.69, 9.17) is 4.74 Å². The van der Waals surface area contributed by atoms with Gasteiger partial charge in [0.2, 0.25) is 0 Å². The summed E-state index contributed by atoms with van der Waals surface area (Å²) in [4.78, 5) is 0. The van der Waals surface area contributed by atoms with Crippen molar-refractivity contribution in [2.45, 2.75) is 18.9 Å². The third-order valence-corrected chi connectivity index (χ3v) is 4.87. The summed E-state index contributed by atoms with van der Waals surface area (Å²) in [6.45, 7) is 0. The second kappa shape index (κ2) is 5.78. The van der Waals surface area contributed by atoms with Crippen LogP contribution in [0.25, 0.3) is 0 Å². The molecule has 0 aliphatic heterocycles. The van der Waals surface area contributed by atoms with Crippen molar-refractivity contribution >= 4 is 37.5 Å². The molecule has 0 fully saturated rings. The summed E-state index contributed by atoms with van der Waals surface area (Å²) in [5.74, 6) is 0.865. The first-order valence-electron chi connectivity index (χ1n) is 6.56. The molecule has 3 rings (SSSR count). The monoisotopic (exact) mass is 395 g/mol. The molecule has 1 N–H and O–H groups in total. The molecule has 0 amide bonds. The van der Waals surface area contributed by atoms with Crippen LogP contribution in [0.4, 0.5) is 5.69 Å². The Balaban J connectivity index is 1.87. The Morgan fingerprint density at radius 2 is 2.00 bits per heavy atom. The summed E-state index contributed by atoms with van der Waals surface area (Å²) in [6.07, 6.45) is 2.24. The molecule has 20 heavy (non-hydrogen) atoms. The topological polar surface area (TPSA) is 21.3 Å². The number of hydrogen-bond donors (Lipinski definition) is 1. The fourth-order valence-corrected chi connectivity index (χ4v) is 3.44. The molecule has 0 spiro atoms. The number of ether oxygens (including phenoxy) is 1. The normalized spacial score (nSPS) is 16.9. The largest absolute Gasteiger partial charge is 0.497 e. The van der Waals surface area contributed by atoms with Crippen LogP contribution in [-0.2, 0) is 6.42 Å². The molecule has 0 radical (unpaired) electrons. The molecule has 2 aromatic rings. The van der Waals surface area contributed by atoms with Gasteiger partial charge in [-0.2, -0.15) is 0 Å². The van der Waals surface area contributed by atoms with Gasteiger partial charge in [-0.25, -0.2) is 0 Å². The first-order valence-corrected chi connectivity index (χ1v) is 8.14. The second-order valence-corrected chi connectivity index (χ2v) is 6.69. The summed E-state index contributed by atoms with van der Waals surface area (Å²) in [5.41, 5.74) is 3.89. The number of halogens is 2. The Morgan fingerprint density at radius 3 is 2.80 bits per heavy atom. The zero-order valence-electron chi connectivity index (χ0n) is 11.1. The van der Waals surface area contributed by atoms with Crippen LogP contribution in [0.5, 0.6) is 5.75 Å². The van der Waals surface area contributed by atoms with Crippen LogP contribution in [0.15, 0.2) is 45.3 Å². The minimum Gasteiger partial charge on any atom is -0.497 e. The zero-order valence-corrected chi connectivity index (χ0v) is 14.3. The van der Waals surface area contributed by atoms with Gasteiger partial charge in [0, 0.05) is 15.0 Å². The van der Waals surface area contributed by atoms with Gasteiger partial charge in [-0.1, -0.05) is 22.0 Å². The summed E-state index contributed by atoms with van der Waals surface area (Å²) in [5, 5.41) is 3.62. The van der Waals surface area contributed by atoms with Gasteiger partial charge in [0.05, 0.1) is 18.8 Å². The number of fused-ring (bicyclic) bond motifs is 1. The van der Waals surface area contributed by atoms with Gasteiger partial charge in [-0.05, 0) is 64.2 Å². The Morgan fingerprint density at radius 1 is 1.15 bits per heavy atom. The Labute approximate surface area is 135 Å². The van der Waals surface area contributed by atoms with Crippen molar-refractivity contribution in [1.82, 2.24) is 0 Å². The molecular formula is C16H15Br2NO. The van der Waals surface area contributed by atoms with E-state index in [1.165, 1.54) is 11.1 Å². The van der Waals surface area contributed by atoms with Gasteiger partial charge in [-0.3, -0.25) is 0 Å². The van der Waals surface area contributed by atoms with Gasteiger partial charge >= 0.3 is 0 Å². The Kier molecular flexibility index (Phi) is 4.03. The number of nitrogens with one attached hydrogen (secondary N) is 1. The smallest absolute Gasteiger partial charge is 0.121 e. The minimum absolute atomic E-state index is 0.363. The van der Waals surface area contributed by atoms with E-state index >= 15 is 0 Å². The van der Waals surface area contributed by atoms with Crippen molar-refractivity contribution in [3.05, 3.63) is 56.5 Å². The van der Waals surface area contributed by atoms with Gasteiger partial charge in [0.15, 0.2) is 0 Å². The predicted octanol–water partition coefficient (Wildman–Crippen LogP) is 5.32. The van der Waals surface area contributed by atoms with Crippen molar-refractivity contribution in [1.29, 1.82) is 0 Å². The number of anilines is 1. The van der Waals surface area contributed by atoms with Crippen molar-refractivity contribution in [2.75, 3.05) is 12.4 Å². The fraction of sp³-hybridized carbons (Fsp3) is 0.250. The van der Waals surface area contributed by atoms with Crippen molar-refractivity contribution in [3.8, 4) is 5.75 Å². The maximum absolute atomic E-state index is 5.29. The van der Waals surface area contributed by atoms with Crippen LogP contribution < -0.4 is 10.1 Å². The molecule has 1 aliphatic carbocycles. The molecule has 0 aromatic heterocycles. The maximum Gasteiger partial charge on any atom is 0.121 e. The highest BCUT2D eigenvalue weighted by molar-refractivity contribution is 9.10. The van der Waals surface area contributed by atoms with Gasteiger partial charge < -0.3 is 10.1 Å². The standard InChI is InChI=1S/C16H15Br2NO/c1-20-12-4-6-14(18)16(9-12)19-15-7-2-10-8-11(17)3-5-13(10)15/h3-6,8-9,15,19H,2,7H2,1H3. The highest BCUT2D eigenvalue weighted by Gasteiger charge is 2.23. The minimum atomic E-state index is 0.363. The molecule has 1 aliphatic rings. The zero-order chi connectivity index (χ0) is 14.1. The second-order valence-electron chi connectivity index (χ2n) is 4.92. The van der Waals surface area contributed by atoms with Gasteiger partial charge in [0.25, 0.3) is 0 Å². The molecule has 1 atom stereocenters. The van der Waals surface area contributed by atoms with E-state index < -0.39 is 0 Å². The van der Waals surface area contributed by atoms with Crippen LogP contribution in [0.1, 0.15) is 23.6 Å². The molecule has 104 valence electrons. The number of rotatable bonds is 3. The quantitative estimate of drug-likeness (QED) is 0.757. The van der Waals surface area contributed by atoms with Crippen molar-refractivity contribution in [3.63, 3.8) is 0 Å². The molecule has 1 unspecified atom stereocenters. The van der Waals surface area contributed by atoms with Crippen LogP contribution in [0.2, 0.25) is 0 Å². The SMILES string of the molecule is COc1ccc(Br)c(NC2CCc3cc(Br)ccc32)c1. The van der Waals surface area contributed by atoms with E-state index in [1.807, 2.05) is 18.2 Å². The fourth-order valence-electron chi connectivity index (χ4n) is 2.67. The molecule has 4 heteroatoms. The van der Waals surface area contributed by atoms with Crippen LogP contribution in [0, 0.1) is 0 Å². The third-order valence-electron chi connectivity index (χ3n) is 3.69. The first-order chi connectivity index (χ1) is 9.67. The summed E-state index contributed by atoms with van der Waals surface area (Å²) < 4.78 is 7.50. The van der Waals surface area contributed by atoms with Gasteiger partial charge in [0.1, 0.15) is 5.75 Å². The highest BCUT2D eigenvalue weighted by Crippen LogP contribution is 2.37. The first kappa shape index (κ1) is 14.0. The maximum atomic E-state index is 5.29. The number of aryl methyl sites for hydroxylation is 1. The van der Waals surface area contributed by atoms with Crippen LogP contribution >= 0.6 is 31.9 Å². The van der Waals surface area contributed by atoms with Crippen molar-refractivity contribution in [2.24, 2.45) is 0 Å². The number of hydrogen-bond acceptors (Lipinski definition) is 2. The molecule has 0 bridgehead atoms. The third kappa shape index (κ3) is 2.72. The Hall–Kier alpha value is -1.00. The summed E-state index contributed by atoms with van der Waals surface area (Å²) in [6, 6.07) is 12.9.